The Balaban J connectivity index is 2.57. The van der Waals surface area contributed by atoms with E-state index in [0.29, 0.717) is 5.92 Å². The zero-order chi connectivity index (χ0) is 11.3. The average molecular weight is 335 g/mol. The van der Waals surface area contributed by atoms with E-state index in [1.54, 1.807) is 0 Å². The van der Waals surface area contributed by atoms with Gasteiger partial charge in [-0.15, -0.1) is 0 Å². The fourth-order valence-electron chi connectivity index (χ4n) is 1.54. The second-order valence-electron chi connectivity index (χ2n) is 3.87. The quantitative estimate of drug-likeness (QED) is 0.793. The molecule has 1 aromatic rings. The number of para-hydroxylation sites is 1. The maximum absolute atomic E-state index is 3.54. The van der Waals surface area contributed by atoms with Crippen molar-refractivity contribution in [2.24, 2.45) is 5.92 Å². The first-order valence-corrected chi connectivity index (χ1v) is 6.91. The van der Waals surface area contributed by atoms with E-state index in [1.165, 1.54) is 12.8 Å². The Hall–Kier alpha value is -0.0200. The summed E-state index contributed by atoms with van der Waals surface area (Å²) in [5, 5.41) is 3.47. The first-order valence-electron chi connectivity index (χ1n) is 5.33. The van der Waals surface area contributed by atoms with Crippen LogP contribution in [0.4, 0.5) is 5.69 Å². The summed E-state index contributed by atoms with van der Waals surface area (Å²) in [5.41, 5.74) is 1.15. The number of anilines is 1. The van der Waals surface area contributed by atoms with Crippen molar-refractivity contribution in [3.63, 3.8) is 0 Å². The highest BCUT2D eigenvalue weighted by Crippen LogP contribution is 2.30. The smallest absolute Gasteiger partial charge is 0.0629 e. The van der Waals surface area contributed by atoms with Gasteiger partial charge in [-0.3, -0.25) is 0 Å². The van der Waals surface area contributed by atoms with Crippen LogP contribution in [0.15, 0.2) is 27.1 Å². The van der Waals surface area contributed by atoms with Gasteiger partial charge in [0.25, 0.3) is 0 Å². The number of rotatable bonds is 5. The first-order chi connectivity index (χ1) is 7.15. The van der Waals surface area contributed by atoms with Crippen molar-refractivity contribution in [1.82, 2.24) is 0 Å². The molecule has 0 saturated heterocycles. The van der Waals surface area contributed by atoms with E-state index in [0.717, 1.165) is 21.2 Å². The summed E-state index contributed by atoms with van der Waals surface area (Å²) in [6.45, 7) is 5.53. The van der Waals surface area contributed by atoms with E-state index in [9.17, 15) is 0 Å². The minimum atomic E-state index is 0.717. The summed E-state index contributed by atoms with van der Waals surface area (Å²) in [7, 11) is 0. The van der Waals surface area contributed by atoms with E-state index in [-0.39, 0.29) is 0 Å². The molecule has 0 aliphatic heterocycles. The molecule has 15 heavy (non-hydrogen) atoms. The molecular weight excluding hydrogens is 318 g/mol. The minimum absolute atomic E-state index is 0.717. The average Bonchev–Trinajstić information content (AvgIpc) is 2.17. The third-order valence-corrected chi connectivity index (χ3v) is 3.69. The highest BCUT2D eigenvalue weighted by Gasteiger charge is 2.05. The van der Waals surface area contributed by atoms with E-state index in [1.807, 2.05) is 6.07 Å². The first kappa shape index (κ1) is 13.0. The van der Waals surface area contributed by atoms with Gasteiger partial charge in [0.15, 0.2) is 0 Å². The van der Waals surface area contributed by atoms with Gasteiger partial charge in [-0.2, -0.15) is 0 Å². The van der Waals surface area contributed by atoms with Crippen LogP contribution in [0.3, 0.4) is 0 Å². The normalized spacial score (nSPS) is 12.5. The molecule has 84 valence electrons. The number of halogens is 2. The van der Waals surface area contributed by atoms with E-state index in [4.69, 9.17) is 0 Å². The summed E-state index contributed by atoms with van der Waals surface area (Å²) in [5.74, 6) is 0.717. The molecule has 0 amide bonds. The highest BCUT2D eigenvalue weighted by molar-refractivity contribution is 9.11. The standard InChI is InChI=1S/C12H17Br2N/c1-3-5-9(2)8-15-12-10(13)6-4-7-11(12)14/h4,6-7,9,15H,3,5,8H2,1-2H3. The predicted molar refractivity (Wildman–Crippen MR) is 74.4 cm³/mol. The Morgan fingerprint density at radius 1 is 1.27 bits per heavy atom. The van der Waals surface area contributed by atoms with Crippen LogP contribution in [0.5, 0.6) is 0 Å². The van der Waals surface area contributed by atoms with Crippen LogP contribution in [0.25, 0.3) is 0 Å². The lowest BCUT2D eigenvalue weighted by Crippen LogP contribution is -2.11. The van der Waals surface area contributed by atoms with Crippen LogP contribution >= 0.6 is 31.9 Å². The molecule has 0 saturated carbocycles. The third-order valence-electron chi connectivity index (χ3n) is 2.37. The van der Waals surface area contributed by atoms with Crippen LogP contribution < -0.4 is 5.32 Å². The highest BCUT2D eigenvalue weighted by atomic mass is 79.9. The van der Waals surface area contributed by atoms with Crippen LogP contribution in [-0.4, -0.2) is 6.54 Å². The molecule has 0 aromatic heterocycles. The van der Waals surface area contributed by atoms with E-state index >= 15 is 0 Å². The van der Waals surface area contributed by atoms with Crippen molar-refractivity contribution in [3.8, 4) is 0 Å². The Morgan fingerprint density at radius 3 is 2.40 bits per heavy atom. The monoisotopic (exact) mass is 333 g/mol. The fraction of sp³-hybridized carbons (Fsp3) is 0.500. The number of hydrogen-bond donors (Lipinski definition) is 1. The van der Waals surface area contributed by atoms with Crippen molar-refractivity contribution >= 4 is 37.5 Å². The maximum atomic E-state index is 3.54. The third kappa shape index (κ3) is 4.15. The molecule has 1 aromatic carbocycles. The summed E-state index contributed by atoms with van der Waals surface area (Å²) in [6, 6.07) is 6.13. The lowest BCUT2D eigenvalue weighted by atomic mass is 10.1. The second-order valence-corrected chi connectivity index (χ2v) is 5.58. The van der Waals surface area contributed by atoms with Gasteiger partial charge in [-0.1, -0.05) is 26.3 Å². The summed E-state index contributed by atoms with van der Waals surface area (Å²) in [4.78, 5) is 0. The van der Waals surface area contributed by atoms with Crippen molar-refractivity contribution in [2.75, 3.05) is 11.9 Å². The van der Waals surface area contributed by atoms with E-state index in [2.05, 4.69) is 63.2 Å². The van der Waals surface area contributed by atoms with Crippen LogP contribution in [-0.2, 0) is 0 Å². The van der Waals surface area contributed by atoms with E-state index < -0.39 is 0 Å². The summed E-state index contributed by atoms with van der Waals surface area (Å²) >= 11 is 7.09. The van der Waals surface area contributed by atoms with Crippen LogP contribution in [0, 0.1) is 5.92 Å². The van der Waals surface area contributed by atoms with Crippen molar-refractivity contribution < 1.29 is 0 Å². The van der Waals surface area contributed by atoms with Crippen LogP contribution in [0.2, 0.25) is 0 Å². The summed E-state index contributed by atoms with van der Waals surface area (Å²) in [6.07, 6.45) is 2.52. The lowest BCUT2D eigenvalue weighted by molar-refractivity contribution is 0.550. The van der Waals surface area contributed by atoms with Gasteiger partial charge in [0.1, 0.15) is 0 Å². The second kappa shape index (κ2) is 6.54. The molecule has 0 aliphatic carbocycles. The molecule has 0 heterocycles. The van der Waals surface area contributed by atoms with Crippen molar-refractivity contribution in [3.05, 3.63) is 27.1 Å². The minimum Gasteiger partial charge on any atom is -0.383 e. The molecule has 1 N–H and O–H groups in total. The fourth-order valence-corrected chi connectivity index (χ4v) is 2.82. The van der Waals surface area contributed by atoms with Gasteiger partial charge in [0, 0.05) is 15.5 Å². The molecule has 3 heteroatoms. The molecule has 0 spiro atoms. The van der Waals surface area contributed by atoms with Gasteiger partial charge in [-0.25, -0.2) is 0 Å². The Kier molecular flexibility index (Phi) is 5.69. The largest absolute Gasteiger partial charge is 0.383 e. The van der Waals surface area contributed by atoms with Crippen LogP contribution in [0.1, 0.15) is 26.7 Å². The molecule has 0 aliphatic rings. The molecule has 0 radical (unpaired) electrons. The molecular formula is C12H17Br2N. The zero-order valence-corrected chi connectivity index (χ0v) is 12.4. The van der Waals surface area contributed by atoms with Gasteiger partial charge in [0.2, 0.25) is 0 Å². The van der Waals surface area contributed by atoms with Gasteiger partial charge in [0.05, 0.1) is 5.69 Å². The maximum Gasteiger partial charge on any atom is 0.0629 e. The molecule has 1 nitrogen and oxygen atoms in total. The Bertz CT molecular complexity index is 292. The Labute approximate surface area is 109 Å². The molecule has 1 atom stereocenters. The molecule has 0 fully saturated rings. The predicted octanol–water partition coefficient (Wildman–Crippen LogP) is 5.06. The molecule has 0 bridgehead atoms. The topological polar surface area (TPSA) is 12.0 Å². The number of hydrogen-bond acceptors (Lipinski definition) is 1. The summed E-state index contributed by atoms with van der Waals surface area (Å²) < 4.78 is 2.22. The van der Waals surface area contributed by atoms with Crippen molar-refractivity contribution in [2.45, 2.75) is 26.7 Å². The molecule has 1 unspecified atom stereocenters. The van der Waals surface area contributed by atoms with Gasteiger partial charge in [-0.05, 0) is 56.3 Å². The SMILES string of the molecule is CCCC(C)CNc1c(Br)cccc1Br. The number of benzene rings is 1. The number of nitrogens with one attached hydrogen (secondary N) is 1. The molecule has 1 rings (SSSR count). The van der Waals surface area contributed by atoms with Gasteiger partial charge >= 0.3 is 0 Å². The Morgan fingerprint density at radius 2 is 1.87 bits per heavy atom. The van der Waals surface area contributed by atoms with Crippen molar-refractivity contribution in [1.29, 1.82) is 0 Å². The van der Waals surface area contributed by atoms with Gasteiger partial charge < -0.3 is 5.32 Å². The zero-order valence-electron chi connectivity index (χ0n) is 9.19. The lowest BCUT2D eigenvalue weighted by Gasteiger charge is -2.14.